The standard InChI is InChI=1S/C19H26N4O3/c1-5-20-19(23-13-15-7-6-10-21-18(15)26-4)22-12-14-8-9-16(24-2)11-17(14)25-3/h6-11H,5,12-13H2,1-4H3,(H2,20,22,23). The number of rotatable bonds is 8. The van der Waals surface area contributed by atoms with Crippen molar-refractivity contribution >= 4 is 5.96 Å². The highest BCUT2D eigenvalue weighted by atomic mass is 16.5. The predicted molar refractivity (Wildman–Crippen MR) is 102 cm³/mol. The molecule has 0 saturated heterocycles. The molecule has 7 nitrogen and oxygen atoms in total. The first-order valence-corrected chi connectivity index (χ1v) is 8.42. The minimum atomic E-state index is 0.464. The van der Waals surface area contributed by atoms with Gasteiger partial charge in [-0.3, -0.25) is 0 Å². The van der Waals surface area contributed by atoms with Gasteiger partial charge in [-0.15, -0.1) is 0 Å². The van der Waals surface area contributed by atoms with E-state index >= 15 is 0 Å². The molecule has 2 aromatic rings. The van der Waals surface area contributed by atoms with Gasteiger partial charge in [0.2, 0.25) is 5.88 Å². The molecule has 1 heterocycles. The molecule has 0 unspecified atom stereocenters. The fraction of sp³-hybridized carbons (Fsp3) is 0.368. The third-order valence-electron chi connectivity index (χ3n) is 3.74. The number of pyridine rings is 1. The van der Waals surface area contributed by atoms with Crippen molar-refractivity contribution in [1.82, 2.24) is 15.6 Å². The van der Waals surface area contributed by atoms with Gasteiger partial charge in [-0.05, 0) is 25.1 Å². The number of hydrogen-bond donors (Lipinski definition) is 2. The number of guanidine groups is 1. The molecule has 140 valence electrons. The Morgan fingerprint density at radius 1 is 1.04 bits per heavy atom. The molecular formula is C19H26N4O3. The lowest BCUT2D eigenvalue weighted by Gasteiger charge is -2.14. The smallest absolute Gasteiger partial charge is 0.218 e. The number of nitrogens with zero attached hydrogens (tertiary/aromatic N) is 2. The van der Waals surface area contributed by atoms with Gasteiger partial charge in [0, 0.05) is 36.5 Å². The van der Waals surface area contributed by atoms with Crippen LogP contribution in [0.25, 0.3) is 0 Å². The summed E-state index contributed by atoms with van der Waals surface area (Å²) in [6.45, 7) is 3.82. The molecule has 1 aromatic heterocycles. The Morgan fingerprint density at radius 3 is 2.58 bits per heavy atom. The highest BCUT2D eigenvalue weighted by molar-refractivity contribution is 5.79. The van der Waals surface area contributed by atoms with Crippen LogP contribution in [0.4, 0.5) is 0 Å². The van der Waals surface area contributed by atoms with Crippen molar-refractivity contribution in [2.75, 3.05) is 27.9 Å². The van der Waals surface area contributed by atoms with Crippen molar-refractivity contribution in [2.24, 2.45) is 4.99 Å². The van der Waals surface area contributed by atoms with Gasteiger partial charge in [-0.2, -0.15) is 0 Å². The third-order valence-corrected chi connectivity index (χ3v) is 3.74. The summed E-state index contributed by atoms with van der Waals surface area (Å²) in [6.07, 6.45) is 1.70. The highest BCUT2D eigenvalue weighted by Gasteiger charge is 2.07. The number of aromatic nitrogens is 1. The molecule has 0 aliphatic rings. The normalized spacial score (nSPS) is 11.0. The first-order valence-electron chi connectivity index (χ1n) is 8.42. The van der Waals surface area contributed by atoms with Crippen LogP contribution >= 0.6 is 0 Å². The van der Waals surface area contributed by atoms with E-state index in [1.807, 2.05) is 37.3 Å². The Kier molecular flexibility index (Phi) is 7.54. The van der Waals surface area contributed by atoms with Crippen molar-refractivity contribution in [1.29, 1.82) is 0 Å². The van der Waals surface area contributed by atoms with E-state index < -0.39 is 0 Å². The van der Waals surface area contributed by atoms with Gasteiger partial charge < -0.3 is 24.8 Å². The average Bonchev–Trinajstić information content (AvgIpc) is 2.70. The summed E-state index contributed by atoms with van der Waals surface area (Å²) >= 11 is 0. The summed E-state index contributed by atoms with van der Waals surface area (Å²) in [5.74, 6) is 2.82. The molecule has 0 radical (unpaired) electrons. The molecule has 0 spiro atoms. The predicted octanol–water partition coefficient (Wildman–Crippen LogP) is 2.36. The minimum absolute atomic E-state index is 0.464. The average molecular weight is 358 g/mol. The van der Waals surface area contributed by atoms with Crippen LogP contribution in [-0.4, -0.2) is 38.8 Å². The van der Waals surface area contributed by atoms with Crippen LogP contribution in [-0.2, 0) is 13.1 Å². The largest absolute Gasteiger partial charge is 0.497 e. The van der Waals surface area contributed by atoms with Crippen molar-refractivity contribution in [3.8, 4) is 17.4 Å². The van der Waals surface area contributed by atoms with Crippen LogP contribution in [0.1, 0.15) is 18.1 Å². The maximum absolute atomic E-state index is 5.43. The van der Waals surface area contributed by atoms with E-state index in [1.54, 1.807) is 27.5 Å². The number of nitrogens with one attached hydrogen (secondary N) is 2. The zero-order chi connectivity index (χ0) is 18.8. The quantitative estimate of drug-likeness (QED) is 0.557. The maximum atomic E-state index is 5.43. The number of aliphatic imine (C=N–C) groups is 1. The molecule has 2 rings (SSSR count). The van der Waals surface area contributed by atoms with Gasteiger partial charge in [-0.1, -0.05) is 6.07 Å². The highest BCUT2D eigenvalue weighted by Crippen LogP contribution is 2.24. The van der Waals surface area contributed by atoms with E-state index in [2.05, 4.69) is 20.6 Å². The molecule has 26 heavy (non-hydrogen) atoms. The molecule has 2 N–H and O–H groups in total. The lowest BCUT2D eigenvalue weighted by atomic mass is 10.2. The lowest BCUT2D eigenvalue weighted by Crippen LogP contribution is -2.36. The molecule has 0 aliphatic heterocycles. The van der Waals surface area contributed by atoms with Gasteiger partial charge in [0.05, 0.1) is 27.9 Å². The van der Waals surface area contributed by atoms with E-state index in [9.17, 15) is 0 Å². The van der Waals surface area contributed by atoms with Gasteiger partial charge in [0.25, 0.3) is 0 Å². The van der Waals surface area contributed by atoms with Gasteiger partial charge >= 0.3 is 0 Å². The van der Waals surface area contributed by atoms with Crippen molar-refractivity contribution in [3.05, 3.63) is 47.7 Å². The van der Waals surface area contributed by atoms with E-state index in [4.69, 9.17) is 14.2 Å². The van der Waals surface area contributed by atoms with E-state index in [0.29, 0.717) is 24.9 Å². The maximum Gasteiger partial charge on any atom is 0.218 e. The van der Waals surface area contributed by atoms with Gasteiger partial charge in [0.1, 0.15) is 11.5 Å². The van der Waals surface area contributed by atoms with Crippen LogP contribution in [0.15, 0.2) is 41.5 Å². The van der Waals surface area contributed by atoms with Gasteiger partial charge in [0.15, 0.2) is 5.96 Å². The van der Waals surface area contributed by atoms with Crippen LogP contribution < -0.4 is 24.8 Å². The van der Waals surface area contributed by atoms with E-state index in [-0.39, 0.29) is 0 Å². The zero-order valence-corrected chi connectivity index (χ0v) is 15.7. The Bertz CT molecular complexity index is 734. The summed E-state index contributed by atoms with van der Waals surface area (Å²) in [7, 11) is 4.89. The van der Waals surface area contributed by atoms with Gasteiger partial charge in [-0.25, -0.2) is 9.98 Å². The van der Waals surface area contributed by atoms with E-state index in [0.717, 1.165) is 29.2 Å². The third kappa shape index (κ3) is 5.27. The molecule has 1 aromatic carbocycles. The van der Waals surface area contributed by atoms with Crippen LogP contribution in [0, 0.1) is 0 Å². The monoisotopic (exact) mass is 358 g/mol. The van der Waals surface area contributed by atoms with E-state index in [1.165, 1.54) is 0 Å². The Morgan fingerprint density at radius 2 is 1.88 bits per heavy atom. The molecule has 0 amide bonds. The second-order valence-corrected chi connectivity index (χ2v) is 5.40. The first-order chi connectivity index (χ1) is 12.7. The Balaban J connectivity index is 2.08. The van der Waals surface area contributed by atoms with Crippen molar-refractivity contribution < 1.29 is 14.2 Å². The number of benzene rings is 1. The molecule has 0 saturated carbocycles. The summed E-state index contributed by atoms with van der Waals surface area (Å²) in [5, 5.41) is 6.55. The fourth-order valence-electron chi connectivity index (χ4n) is 2.41. The zero-order valence-electron chi connectivity index (χ0n) is 15.7. The molecule has 0 bridgehead atoms. The summed E-state index contributed by atoms with van der Waals surface area (Å²) in [6, 6.07) is 9.56. The summed E-state index contributed by atoms with van der Waals surface area (Å²) in [5.41, 5.74) is 1.94. The summed E-state index contributed by atoms with van der Waals surface area (Å²) in [4.78, 5) is 8.80. The van der Waals surface area contributed by atoms with Crippen molar-refractivity contribution in [3.63, 3.8) is 0 Å². The number of methoxy groups -OCH3 is 3. The second-order valence-electron chi connectivity index (χ2n) is 5.40. The van der Waals surface area contributed by atoms with Crippen molar-refractivity contribution in [2.45, 2.75) is 20.0 Å². The Hall–Kier alpha value is -2.96. The topological polar surface area (TPSA) is 77.0 Å². The number of ether oxygens (including phenoxy) is 3. The van der Waals surface area contributed by atoms with Crippen LogP contribution in [0.5, 0.6) is 17.4 Å². The fourth-order valence-corrected chi connectivity index (χ4v) is 2.41. The Labute approximate surface area is 154 Å². The molecule has 0 fully saturated rings. The molecular weight excluding hydrogens is 332 g/mol. The van der Waals surface area contributed by atoms with Crippen LogP contribution in [0.2, 0.25) is 0 Å². The molecule has 7 heteroatoms. The second kappa shape index (κ2) is 10.1. The van der Waals surface area contributed by atoms with Crippen LogP contribution in [0.3, 0.4) is 0 Å². The first kappa shape index (κ1) is 19.4. The molecule has 0 aliphatic carbocycles. The lowest BCUT2D eigenvalue weighted by molar-refractivity contribution is 0.390. The number of hydrogen-bond acceptors (Lipinski definition) is 5. The molecule has 0 atom stereocenters. The minimum Gasteiger partial charge on any atom is -0.497 e. The SMILES string of the molecule is CCNC(=NCc1cccnc1OC)NCc1ccc(OC)cc1OC. The summed E-state index contributed by atoms with van der Waals surface area (Å²) < 4.78 is 15.9.